The highest BCUT2D eigenvalue weighted by molar-refractivity contribution is 5.92. The molecule has 0 heterocycles. The fraction of sp³-hybridized carbons (Fsp3) is 0.381. The average molecular weight is 325 g/mol. The van der Waals surface area contributed by atoms with E-state index >= 15 is 0 Å². The predicted molar refractivity (Wildman–Crippen MR) is 99.7 cm³/mol. The van der Waals surface area contributed by atoms with Gasteiger partial charge in [-0.25, -0.2) is 0 Å². The van der Waals surface area contributed by atoms with Crippen LogP contribution >= 0.6 is 0 Å². The van der Waals surface area contributed by atoms with Gasteiger partial charge in [0.15, 0.2) is 0 Å². The number of benzene rings is 2. The molecule has 0 aliphatic rings. The summed E-state index contributed by atoms with van der Waals surface area (Å²) in [7, 11) is 0. The van der Waals surface area contributed by atoms with Crippen molar-refractivity contribution in [1.29, 1.82) is 0 Å². The van der Waals surface area contributed by atoms with Crippen LogP contribution < -0.4 is 10.1 Å². The molecular formula is C21H27NO2. The van der Waals surface area contributed by atoms with E-state index in [-0.39, 0.29) is 5.91 Å². The van der Waals surface area contributed by atoms with Gasteiger partial charge in [0.25, 0.3) is 0 Å². The fourth-order valence-electron chi connectivity index (χ4n) is 2.66. The van der Waals surface area contributed by atoms with E-state index in [1.807, 2.05) is 31.2 Å². The number of nitrogens with one attached hydrogen (secondary N) is 1. The maximum Gasteiger partial charge on any atom is 0.224 e. The van der Waals surface area contributed by atoms with Crippen LogP contribution in [-0.4, -0.2) is 12.5 Å². The van der Waals surface area contributed by atoms with Crippen molar-refractivity contribution >= 4 is 11.6 Å². The number of hydrogen-bond acceptors (Lipinski definition) is 2. The van der Waals surface area contributed by atoms with Crippen LogP contribution in [0, 0.1) is 6.92 Å². The van der Waals surface area contributed by atoms with E-state index in [1.165, 1.54) is 16.7 Å². The van der Waals surface area contributed by atoms with Crippen molar-refractivity contribution in [3.63, 3.8) is 0 Å². The Kier molecular flexibility index (Phi) is 6.86. The molecule has 2 rings (SSSR count). The summed E-state index contributed by atoms with van der Waals surface area (Å²) in [6, 6.07) is 14.2. The summed E-state index contributed by atoms with van der Waals surface area (Å²) in [6.45, 7) is 6.82. The lowest BCUT2D eigenvalue weighted by molar-refractivity contribution is -0.116. The maximum atomic E-state index is 12.2. The van der Waals surface area contributed by atoms with Crippen LogP contribution in [0.4, 0.5) is 5.69 Å². The molecule has 1 amide bonds. The second-order valence-corrected chi connectivity index (χ2v) is 5.97. The molecule has 0 saturated heterocycles. The van der Waals surface area contributed by atoms with Gasteiger partial charge in [-0.05, 0) is 49.4 Å². The van der Waals surface area contributed by atoms with E-state index in [0.717, 1.165) is 24.3 Å². The minimum Gasteiger partial charge on any atom is -0.494 e. The van der Waals surface area contributed by atoms with Gasteiger partial charge in [-0.2, -0.15) is 0 Å². The van der Waals surface area contributed by atoms with Crippen molar-refractivity contribution in [2.45, 2.75) is 46.5 Å². The molecule has 1 N–H and O–H groups in total. The molecule has 0 atom stereocenters. The Bertz CT molecular complexity index is 640. The molecule has 0 unspecified atom stereocenters. The lowest BCUT2D eigenvalue weighted by Gasteiger charge is -2.14. The summed E-state index contributed by atoms with van der Waals surface area (Å²) >= 11 is 0. The number of rotatable bonds is 8. The summed E-state index contributed by atoms with van der Waals surface area (Å²) in [4.78, 5) is 12.2. The van der Waals surface area contributed by atoms with Gasteiger partial charge in [-0.1, -0.05) is 49.7 Å². The highest BCUT2D eigenvalue weighted by atomic mass is 16.5. The van der Waals surface area contributed by atoms with E-state index < -0.39 is 0 Å². The molecule has 0 aromatic heterocycles. The molecule has 3 heteroatoms. The van der Waals surface area contributed by atoms with Gasteiger partial charge in [0.1, 0.15) is 5.75 Å². The molecule has 0 aliphatic carbocycles. The number of anilines is 1. The van der Waals surface area contributed by atoms with Crippen molar-refractivity contribution in [3.05, 3.63) is 59.2 Å². The molecule has 0 bridgehead atoms. The number of carbonyl (C=O) groups is 1. The quantitative estimate of drug-likeness (QED) is 0.700. The maximum absolute atomic E-state index is 12.2. The molecule has 2 aromatic rings. The summed E-state index contributed by atoms with van der Waals surface area (Å²) in [5, 5.41) is 3.09. The Morgan fingerprint density at radius 3 is 2.21 bits per heavy atom. The second-order valence-electron chi connectivity index (χ2n) is 5.97. The predicted octanol–water partition coefficient (Wildman–Crippen LogP) is 4.92. The van der Waals surface area contributed by atoms with Crippen molar-refractivity contribution in [2.24, 2.45) is 0 Å². The Balaban J connectivity index is 1.82. The molecular weight excluding hydrogens is 298 g/mol. The minimum atomic E-state index is 0.0538. The molecule has 24 heavy (non-hydrogen) atoms. The van der Waals surface area contributed by atoms with E-state index in [4.69, 9.17) is 4.74 Å². The van der Waals surface area contributed by atoms with E-state index in [2.05, 4.69) is 37.4 Å². The van der Waals surface area contributed by atoms with Crippen LogP contribution in [-0.2, 0) is 17.6 Å². The Morgan fingerprint density at radius 2 is 1.62 bits per heavy atom. The van der Waals surface area contributed by atoms with E-state index in [1.54, 1.807) is 0 Å². The number of amides is 1. The van der Waals surface area contributed by atoms with Crippen LogP contribution in [0.25, 0.3) is 0 Å². The summed E-state index contributed by atoms with van der Waals surface area (Å²) < 4.78 is 5.67. The zero-order valence-electron chi connectivity index (χ0n) is 14.9. The zero-order chi connectivity index (χ0) is 17.4. The molecule has 0 aliphatic heterocycles. The van der Waals surface area contributed by atoms with Gasteiger partial charge in [0.05, 0.1) is 6.61 Å². The van der Waals surface area contributed by atoms with Gasteiger partial charge in [-0.3, -0.25) is 4.79 Å². The summed E-state index contributed by atoms with van der Waals surface area (Å²) in [5.41, 5.74) is 4.59. The number of aryl methyl sites for hydroxylation is 3. The topological polar surface area (TPSA) is 38.3 Å². The number of carbonyl (C=O) groups excluding carboxylic acids is 1. The van der Waals surface area contributed by atoms with Gasteiger partial charge < -0.3 is 10.1 Å². The third kappa shape index (κ3) is 5.12. The monoisotopic (exact) mass is 325 g/mol. The molecule has 0 radical (unpaired) electrons. The largest absolute Gasteiger partial charge is 0.494 e. The first-order valence-electron chi connectivity index (χ1n) is 8.74. The van der Waals surface area contributed by atoms with Crippen LogP contribution in [0.3, 0.4) is 0 Å². The SMILES string of the molecule is CCc1cccc(CC)c1NC(=O)CCCOc1ccc(C)cc1. The third-order valence-electron chi connectivity index (χ3n) is 4.10. The first kappa shape index (κ1) is 18.1. The smallest absolute Gasteiger partial charge is 0.224 e. The normalized spacial score (nSPS) is 10.5. The van der Waals surface area contributed by atoms with Crippen LogP contribution in [0.1, 0.15) is 43.4 Å². The van der Waals surface area contributed by atoms with Crippen molar-refractivity contribution in [3.8, 4) is 5.75 Å². The lowest BCUT2D eigenvalue weighted by Crippen LogP contribution is -2.15. The Labute approximate surface area is 145 Å². The Morgan fingerprint density at radius 1 is 1.00 bits per heavy atom. The summed E-state index contributed by atoms with van der Waals surface area (Å²) in [6.07, 6.45) is 3.00. The van der Waals surface area contributed by atoms with E-state index in [0.29, 0.717) is 19.4 Å². The molecule has 2 aromatic carbocycles. The Hall–Kier alpha value is -2.29. The van der Waals surface area contributed by atoms with Gasteiger partial charge in [0.2, 0.25) is 5.91 Å². The van der Waals surface area contributed by atoms with Crippen LogP contribution in [0.5, 0.6) is 5.75 Å². The molecule has 128 valence electrons. The fourth-order valence-corrected chi connectivity index (χ4v) is 2.66. The highest BCUT2D eigenvalue weighted by Gasteiger charge is 2.09. The number of para-hydroxylation sites is 1. The molecule has 3 nitrogen and oxygen atoms in total. The molecule has 0 fully saturated rings. The van der Waals surface area contributed by atoms with Crippen LogP contribution in [0.15, 0.2) is 42.5 Å². The van der Waals surface area contributed by atoms with Gasteiger partial charge in [0, 0.05) is 12.1 Å². The van der Waals surface area contributed by atoms with Crippen LogP contribution in [0.2, 0.25) is 0 Å². The molecule has 0 spiro atoms. The number of ether oxygens (including phenoxy) is 1. The van der Waals surface area contributed by atoms with Gasteiger partial charge >= 0.3 is 0 Å². The minimum absolute atomic E-state index is 0.0538. The average Bonchev–Trinajstić information content (AvgIpc) is 2.60. The summed E-state index contributed by atoms with van der Waals surface area (Å²) in [5.74, 6) is 0.906. The van der Waals surface area contributed by atoms with Crippen molar-refractivity contribution in [1.82, 2.24) is 0 Å². The first-order chi connectivity index (χ1) is 11.6. The first-order valence-corrected chi connectivity index (χ1v) is 8.74. The standard InChI is InChI=1S/C21H27NO2/c1-4-17-8-6-9-18(5-2)21(17)22-20(23)10-7-15-24-19-13-11-16(3)12-14-19/h6,8-9,11-14H,4-5,7,10,15H2,1-3H3,(H,22,23). The lowest BCUT2D eigenvalue weighted by atomic mass is 10.0. The van der Waals surface area contributed by atoms with Gasteiger partial charge in [-0.15, -0.1) is 0 Å². The number of hydrogen-bond donors (Lipinski definition) is 1. The second kappa shape index (κ2) is 9.11. The highest BCUT2D eigenvalue weighted by Crippen LogP contribution is 2.23. The molecule has 0 saturated carbocycles. The van der Waals surface area contributed by atoms with E-state index in [9.17, 15) is 4.79 Å². The zero-order valence-corrected chi connectivity index (χ0v) is 14.9. The van der Waals surface area contributed by atoms with Crippen molar-refractivity contribution in [2.75, 3.05) is 11.9 Å². The third-order valence-corrected chi connectivity index (χ3v) is 4.10. The van der Waals surface area contributed by atoms with Crippen molar-refractivity contribution < 1.29 is 9.53 Å².